The normalized spacial score (nSPS) is 23.5. The number of hydrogen-bond acceptors (Lipinski definition) is 4. The van der Waals surface area contributed by atoms with Crippen molar-refractivity contribution in [3.05, 3.63) is 60.7 Å². The van der Waals surface area contributed by atoms with Crippen LogP contribution in [-0.4, -0.2) is 17.8 Å². The Bertz CT molecular complexity index is 742. The van der Waals surface area contributed by atoms with Crippen LogP contribution in [0.5, 0.6) is 0 Å². The van der Waals surface area contributed by atoms with Gasteiger partial charge in [0.15, 0.2) is 5.11 Å². The minimum Gasteiger partial charge on any atom is -0.332 e. The molecule has 0 amide bonds. The van der Waals surface area contributed by atoms with E-state index < -0.39 is 7.75 Å². The van der Waals surface area contributed by atoms with Crippen LogP contribution in [0.1, 0.15) is 13.3 Å². The molecule has 24 heavy (non-hydrogen) atoms. The number of anilines is 2. The molecule has 1 heterocycles. The predicted molar refractivity (Wildman–Crippen MR) is 100 cm³/mol. The highest BCUT2D eigenvalue weighted by atomic mass is 32.1. The van der Waals surface area contributed by atoms with Crippen LogP contribution in [-0.2, 0) is 13.6 Å². The second-order valence-corrected chi connectivity index (χ2v) is 7.64. The monoisotopic (exact) mass is 362 g/mol. The van der Waals surface area contributed by atoms with Gasteiger partial charge in [0, 0.05) is 5.69 Å². The lowest BCUT2D eigenvalue weighted by atomic mass is 10.3. The highest BCUT2D eigenvalue weighted by molar-refractivity contribution is 7.82. The van der Waals surface area contributed by atoms with Crippen LogP contribution < -0.4 is 9.99 Å². The lowest BCUT2D eigenvalue weighted by Crippen LogP contribution is -2.36. The van der Waals surface area contributed by atoms with Crippen molar-refractivity contribution < 1.29 is 13.6 Å². The Labute approximate surface area is 147 Å². The van der Waals surface area contributed by atoms with Crippen molar-refractivity contribution in [1.82, 2.24) is 0 Å². The first-order valence-electron chi connectivity index (χ1n) is 7.73. The molecule has 0 radical (unpaired) electrons. The molecule has 7 heteroatoms. The molecule has 0 unspecified atom stereocenters. The molecule has 1 saturated heterocycles. The fourth-order valence-corrected chi connectivity index (χ4v) is 4.77. The largest absolute Gasteiger partial charge is 0.441 e. The van der Waals surface area contributed by atoms with Gasteiger partial charge in [0.1, 0.15) is 0 Å². The summed E-state index contributed by atoms with van der Waals surface area (Å²) in [6.45, 7) is 2.25. The summed E-state index contributed by atoms with van der Waals surface area (Å²) in [7, 11) is -3.57. The Morgan fingerprint density at radius 2 is 1.79 bits per heavy atom. The molecule has 1 aliphatic heterocycles. The number of nitrogens with one attached hydrogen (secondary N) is 1. The molecule has 0 aromatic heterocycles. The SMILES string of the molecule is C[C@H]1CCO[P@@](=O)(N(C(=S)Nc2ccccc2)c2ccccc2)O1. The van der Waals surface area contributed by atoms with Gasteiger partial charge in [-0.25, -0.2) is 9.24 Å². The van der Waals surface area contributed by atoms with Crippen LogP contribution in [0.25, 0.3) is 0 Å². The number of rotatable bonds is 3. The summed E-state index contributed by atoms with van der Waals surface area (Å²) in [4.78, 5) is 0. The Morgan fingerprint density at radius 3 is 2.42 bits per heavy atom. The number of para-hydroxylation sites is 2. The molecular weight excluding hydrogens is 343 g/mol. The Balaban J connectivity index is 1.93. The minimum absolute atomic E-state index is 0.157. The molecule has 126 valence electrons. The lowest BCUT2D eigenvalue weighted by Gasteiger charge is -2.36. The van der Waals surface area contributed by atoms with Crippen molar-refractivity contribution in [1.29, 1.82) is 0 Å². The summed E-state index contributed by atoms with van der Waals surface area (Å²) in [5.41, 5.74) is 1.46. The Morgan fingerprint density at radius 1 is 1.17 bits per heavy atom. The Hall–Kier alpha value is -1.72. The fourth-order valence-electron chi connectivity index (χ4n) is 2.39. The minimum atomic E-state index is -3.57. The summed E-state index contributed by atoms with van der Waals surface area (Å²) in [5.74, 6) is 0. The lowest BCUT2D eigenvalue weighted by molar-refractivity contribution is 0.0929. The molecule has 1 N–H and O–H groups in total. The summed E-state index contributed by atoms with van der Waals surface area (Å²) in [5, 5.41) is 3.37. The van der Waals surface area contributed by atoms with Crippen LogP contribution in [0.2, 0.25) is 0 Å². The van der Waals surface area contributed by atoms with Crippen LogP contribution in [0.4, 0.5) is 11.4 Å². The second kappa shape index (κ2) is 7.45. The Kier molecular flexibility index (Phi) is 5.31. The number of benzene rings is 2. The van der Waals surface area contributed by atoms with Crippen molar-refractivity contribution in [2.45, 2.75) is 19.4 Å². The maximum atomic E-state index is 13.3. The van der Waals surface area contributed by atoms with E-state index in [4.69, 9.17) is 21.3 Å². The van der Waals surface area contributed by atoms with Gasteiger partial charge in [-0.3, -0.25) is 9.05 Å². The number of hydrogen-bond donors (Lipinski definition) is 1. The predicted octanol–water partition coefficient (Wildman–Crippen LogP) is 4.82. The van der Waals surface area contributed by atoms with Crippen molar-refractivity contribution in [2.24, 2.45) is 0 Å². The second-order valence-electron chi connectivity index (χ2n) is 5.45. The average Bonchev–Trinajstić information content (AvgIpc) is 2.56. The highest BCUT2D eigenvalue weighted by Crippen LogP contribution is 2.57. The zero-order chi connectivity index (χ0) is 17.0. The molecule has 1 aliphatic rings. The van der Waals surface area contributed by atoms with E-state index in [0.29, 0.717) is 18.7 Å². The zero-order valence-corrected chi connectivity index (χ0v) is 15.0. The van der Waals surface area contributed by atoms with Crippen LogP contribution in [0.15, 0.2) is 60.7 Å². The van der Waals surface area contributed by atoms with Gasteiger partial charge in [-0.2, -0.15) is 0 Å². The molecule has 1 fully saturated rings. The molecule has 0 spiro atoms. The molecular formula is C17H19N2O3PS. The molecule has 2 atom stereocenters. The van der Waals surface area contributed by atoms with Gasteiger partial charge in [-0.05, 0) is 49.8 Å². The van der Waals surface area contributed by atoms with Crippen molar-refractivity contribution >= 4 is 36.5 Å². The molecule has 0 bridgehead atoms. The summed E-state index contributed by atoms with van der Waals surface area (Å²) in [6.07, 6.45) is 0.543. The third-order valence-corrected chi connectivity index (χ3v) is 6.03. The van der Waals surface area contributed by atoms with E-state index in [0.717, 1.165) is 5.69 Å². The highest BCUT2D eigenvalue weighted by Gasteiger charge is 2.41. The van der Waals surface area contributed by atoms with E-state index in [1.807, 2.05) is 67.6 Å². The van der Waals surface area contributed by atoms with E-state index in [9.17, 15) is 4.57 Å². The van der Waals surface area contributed by atoms with Crippen LogP contribution in [0.3, 0.4) is 0 Å². The van der Waals surface area contributed by atoms with E-state index >= 15 is 0 Å². The maximum absolute atomic E-state index is 13.3. The van der Waals surface area contributed by atoms with Gasteiger partial charge in [0.25, 0.3) is 0 Å². The fraction of sp³-hybridized carbons (Fsp3) is 0.235. The van der Waals surface area contributed by atoms with Gasteiger partial charge in [-0.15, -0.1) is 0 Å². The third-order valence-electron chi connectivity index (χ3n) is 3.56. The number of thiocarbonyl (C=S) groups is 1. The van der Waals surface area contributed by atoms with Gasteiger partial charge >= 0.3 is 7.75 Å². The van der Waals surface area contributed by atoms with Crippen molar-refractivity contribution in [2.75, 3.05) is 16.6 Å². The first-order valence-corrected chi connectivity index (χ1v) is 9.63. The number of nitrogens with zero attached hydrogens (tertiary/aromatic N) is 1. The van der Waals surface area contributed by atoms with Gasteiger partial charge in [-0.1, -0.05) is 36.4 Å². The average molecular weight is 362 g/mol. The maximum Gasteiger partial charge on any atom is 0.441 e. The van der Waals surface area contributed by atoms with Crippen LogP contribution in [0, 0.1) is 0 Å². The summed E-state index contributed by atoms with van der Waals surface area (Å²) in [6, 6.07) is 18.7. The van der Waals surface area contributed by atoms with Crippen molar-refractivity contribution in [3.8, 4) is 0 Å². The summed E-state index contributed by atoms with van der Waals surface area (Å²) < 4.78 is 26.0. The van der Waals surface area contributed by atoms with Gasteiger partial charge < -0.3 is 5.32 Å². The quantitative estimate of drug-likeness (QED) is 0.624. The van der Waals surface area contributed by atoms with Crippen molar-refractivity contribution in [3.63, 3.8) is 0 Å². The molecule has 3 rings (SSSR count). The molecule has 0 saturated carbocycles. The topological polar surface area (TPSA) is 50.8 Å². The first kappa shape index (κ1) is 17.1. The van der Waals surface area contributed by atoms with E-state index in [1.165, 1.54) is 4.67 Å². The van der Waals surface area contributed by atoms with Gasteiger partial charge in [0.05, 0.1) is 18.4 Å². The van der Waals surface area contributed by atoms with E-state index in [2.05, 4.69) is 5.32 Å². The molecule has 5 nitrogen and oxygen atoms in total. The van der Waals surface area contributed by atoms with E-state index in [-0.39, 0.29) is 11.2 Å². The smallest absolute Gasteiger partial charge is 0.332 e. The third kappa shape index (κ3) is 3.84. The standard InChI is InChI=1S/C17H19N2O3PS/c1-14-12-13-21-23(20,22-14)19(16-10-6-3-7-11-16)17(24)18-15-8-4-2-5-9-15/h2-11,14H,12-13H2,1H3,(H,18,24)/t14-,23-/m0/s1. The summed E-state index contributed by atoms with van der Waals surface area (Å²) >= 11 is 5.51. The van der Waals surface area contributed by atoms with E-state index in [1.54, 1.807) is 0 Å². The molecule has 2 aromatic rings. The van der Waals surface area contributed by atoms with Crippen LogP contribution >= 0.6 is 20.0 Å². The van der Waals surface area contributed by atoms with Gasteiger partial charge in [0.2, 0.25) is 0 Å². The first-order chi connectivity index (χ1) is 11.6. The zero-order valence-electron chi connectivity index (χ0n) is 13.3. The molecule has 2 aromatic carbocycles. The molecule has 0 aliphatic carbocycles.